The molecule has 6 heavy (non-hydrogen) atoms. The van der Waals surface area contributed by atoms with E-state index in [1.54, 1.807) is 0 Å². The zero-order chi connectivity index (χ0) is 4.20. The van der Waals surface area contributed by atoms with Gasteiger partial charge in [-0.25, -0.2) is 0 Å². The van der Waals surface area contributed by atoms with Gasteiger partial charge in [0.2, 0.25) is 0 Å². The molecule has 3 aliphatic rings. The summed E-state index contributed by atoms with van der Waals surface area (Å²) >= 11 is 0. The highest BCUT2D eigenvalue weighted by Crippen LogP contribution is 2.37. The molecule has 0 radical (unpaired) electrons. The Balaban J connectivity index is 2.19. The smallest absolute Gasteiger partial charge is 0.106 e. The lowest BCUT2D eigenvalue weighted by molar-refractivity contribution is -1.03. The van der Waals surface area contributed by atoms with Crippen molar-refractivity contribution in [2.24, 2.45) is 5.92 Å². The first-order valence-electron chi connectivity index (χ1n) is 2.62. The Morgan fingerprint density at radius 3 is 1.67 bits per heavy atom. The molecule has 0 spiro atoms. The van der Waals surface area contributed by atoms with Gasteiger partial charge in [-0.1, -0.05) is 0 Å². The second kappa shape index (κ2) is 0.544. The fourth-order valence-electron chi connectivity index (χ4n) is 1.71. The number of hydrogen-bond acceptors (Lipinski definition) is 0. The third-order valence-corrected chi connectivity index (χ3v) is 2.10. The molecule has 3 saturated heterocycles. The van der Waals surface area contributed by atoms with Gasteiger partial charge in [0.15, 0.2) is 0 Å². The predicted octanol–water partition coefficient (Wildman–Crippen LogP) is 0.0764. The van der Waals surface area contributed by atoms with Crippen LogP contribution in [-0.2, 0) is 0 Å². The maximum atomic E-state index is 2.33. The summed E-state index contributed by atoms with van der Waals surface area (Å²) in [6, 6.07) is 0. The van der Waals surface area contributed by atoms with E-state index in [-0.39, 0.29) is 0 Å². The van der Waals surface area contributed by atoms with Crippen molar-refractivity contribution in [1.82, 2.24) is 0 Å². The average Bonchev–Trinajstić information content (AvgIpc) is 1.24. The third kappa shape index (κ3) is 0.155. The first-order valence-corrected chi connectivity index (χ1v) is 2.62. The number of rotatable bonds is 0. The normalized spacial score (nSPS) is 62.5. The van der Waals surface area contributed by atoms with Crippen molar-refractivity contribution in [1.29, 1.82) is 0 Å². The summed E-state index contributed by atoms with van der Waals surface area (Å²) in [6.07, 6.45) is 0. The van der Waals surface area contributed by atoms with Crippen molar-refractivity contribution in [3.63, 3.8) is 0 Å². The minimum atomic E-state index is 1.15. The van der Waals surface area contributed by atoms with E-state index in [1.807, 2.05) is 0 Å². The fourth-order valence-corrected chi connectivity index (χ4v) is 1.71. The number of nitrogens with zero attached hydrogens (tertiary/aromatic N) is 1. The molecule has 0 N–H and O–H groups in total. The molecule has 34 valence electrons. The van der Waals surface area contributed by atoms with E-state index in [0.29, 0.717) is 0 Å². The van der Waals surface area contributed by atoms with Crippen LogP contribution in [0.5, 0.6) is 0 Å². The van der Waals surface area contributed by atoms with Gasteiger partial charge in [-0.3, -0.25) is 0 Å². The first-order chi connectivity index (χ1) is 2.79. The molecule has 0 amide bonds. The summed E-state index contributed by atoms with van der Waals surface area (Å²) in [5.74, 6) is 1.15. The molecule has 3 fully saturated rings. The van der Waals surface area contributed by atoms with Gasteiger partial charge in [0.25, 0.3) is 0 Å². The molecule has 0 saturated carbocycles. The van der Waals surface area contributed by atoms with Crippen LogP contribution >= 0.6 is 0 Å². The summed E-state index contributed by atoms with van der Waals surface area (Å²) in [7, 11) is 2.33. The highest BCUT2D eigenvalue weighted by Gasteiger charge is 2.54. The molecule has 0 aromatic rings. The molecule has 0 atom stereocenters. The maximum Gasteiger partial charge on any atom is 0.106 e. The van der Waals surface area contributed by atoms with Crippen molar-refractivity contribution in [3.8, 4) is 0 Å². The van der Waals surface area contributed by atoms with E-state index in [2.05, 4.69) is 7.05 Å². The van der Waals surface area contributed by atoms with Gasteiger partial charge >= 0.3 is 0 Å². The van der Waals surface area contributed by atoms with Gasteiger partial charge in [-0.2, -0.15) is 0 Å². The summed E-state index contributed by atoms with van der Waals surface area (Å²) in [5.41, 5.74) is 0. The van der Waals surface area contributed by atoms with Crippen LogP contribution < -0.4 is 0 Å². The number of hydrogen-bond donors (Lipinski definition) is 0. The van der Waals surface area contributed by atoms with Crippen molar-refractivity contribution in [2.75, 3.05) is 26.7 Å². The third-order valence-electron chi connectivity index (χ3n) is 2.10. The van der Waals surface area contributed by atoms with Crippen LogP contribution in [0.25, 0.3) is 0 Å². The Hall–Kier alpha value is -0.0400. The van der Waals surface area contributed by atoms with Gasteiger partial charge in [-0.15, -0.1) is 0 Å². The van der Waals surface area contributed by atoms with Crippen LogP contribution in [0, 0.1) is 5.92 Å². The number of quaternary nitrogens is 1. The van der Waals surface area contributed by atoms with E-state index in [0.717, 1.165) is 5.92 Å². The summed E-state index contributed by atoms with van der Waals surface area (Å²) in [6.45, 7) is 4.46. The van der Waals surface area contributed by atoms with E-state index >= 15 is 0 Å². The van der Waals surface area contributed by atoms with Crippen LogP contribution in [0.3, 0.4) is 0 Å². The van der Waals surface area contributed by atoms with Gasteiger partial charge in [-0.05, 0) is 0 Å². The van der Waals surface area contributed by atoms with E-state index in [1.165, 1.54) is 24.1 Å². The van der Waals surface area contributed by atoms with Gasteiger partial charge in [0.1, 0.15) is 5.92 Å². The second-order valence-corrected chi connectivity index (χ2v) is 3.03. The molecule has 0 aromatic carbocycles. The van der Waals surface area contributed by atoms with Crippen LogP contribution in [-0.4, -0.2) is 31.2 Å². The van der Waals surface area contributed by atoms with Crippen molar-refractivity contribution in [3.05, 3.63) is 0 Å². The minimum Gasteiger partial charge on any atom is -0.324 e. The topological polar surface area (TPSA) is 0 Å². The van der Waals surface area contributed by atoms with Crippen LogP contribution in [0.1, 0.15) is 0 Å². The van der Waals surface area contributed by atoms with E-state index in [4.69, 9.17) is 0 Å². The summed E-state index contributed by atoms with van der Waals surface area (Å²) in [4.78, 5) is 0. The Morgan fingerprint density at radius 2 is 1.67 bits per heavy atom. The van der Waals surface area contributed by atoms with Gasteiger partial charge < -0.3 is 4.48 Å². The van der Waals surface area contributed by atoms with Crippen molar-refractivity contribution in [2.45, 2.75) is 0 Å². The highest BCUT2D eigenvalue weighted by atomic mass is 15.5. The lowest BCUT2D eigenvalue weighted by atomic mass is 9.83. The Morgan fingerprint density at radius 1 is 1.33 bits per heavy atom. The van der Waals surface area contributed by atoms with Crippen molar-refractivity contribution < 1.29 is 4.48 Å². The zero-order valence-corrected chi connectivity index (χ0v) is 4.15. The van der Waals surface area contributed by atoms with Crippen LogP contribution in [0.4, 0.5) is 0 Å². The molecule has 3 aliphatic heterocycles. The quantitative estimate of drug-likeness (QED) is 0.364. The second-order valence-electron chi connectivity index (χ2n) is 3.03. The molecule has 3 rings (SSSR count). The monoisotopic (exact) mass is 84.1 g/mol. The molecule has 1 heteroatoms. The van der Waals surface area contributed by atoms with Gasteiger partial charge in [0, 0.05) is 0 Å². The summed E-state index contributed by atoms with van der Waals surface area (Å²) in [5, 5.41) is 0. The molecule has 3 heterocycles. The lowest BCUT2D eigenvalue weighted by Crippen LogP contribution is -2.76. The molecule has 0 unspecified atom stereocenters. The highest BCUT2D eigenvalue weighted by molar-refractivity contribution is 4.78. The Bertz CT molecular complexity index is 70.9. The Kier molecular flexibility index (Phi) is 0.274. The summed E-state index contributed by atoms with van der Waals surface area (Å²) < 4.78 is 1.39. The van der Waals surface area contributed by atoms with E-state index < -0.39 is 0 Å². The minimum absolute atomic E-state index is 1.15. The molecule has 0 aliphatic carbocycles. The maximum absolute atomic E-state index is 2.33. The molecule has 1 nitrogen and oxygen atoms in total. The Labute approximate surface area is 38.2 Å². The average molecular weight is 84.1 g/mol. The molecule has 0 aromatic heterocycles. The van der Waals surface area contributed by atoms with E-state index in [9.17, 15) is 0 Å². The van der Waals surface area contributed by atoms with Gasteiger partial charge in [0.05, 0.1) is 26.7 Å². The van der Waals surface area contributed by atoms with Crippen LogP contribution in [0.15, 0.2) is 0 Å². The standard InChI is InChI=1S/C5H10N/c1-6-2-5(3-6)4-6/h5H,2-4H2,1H3/q+1. The van der Waals surface area contributed by atoms with Crippen molar-refractivity contribution >= 4 is 0 Å². The van der Waals surface area contributed by atoms with Crippen LogP contribution in [0.2, 0.25) is 0 Å². The predicted molar refractivity (Wildman–Crippen MR) is 24.3 cm³/mol. The molecule has 2 bridgehead atoms. The fraction of sp³-hybridized carbons (Fsp3) is 1.00. The SMILES string of the molecule is C[N+]12CC(C1)C2. The molecular formula is C5H10N+. The zero-order valence-electron chi connectivity index (χ0n) is 4.15. The molecular weight excluding hydrogens is 74.1 g/mol. The largest absolute Gasteiger partial charge is 0.324 e. The first kappa shape index (κ1) is 3.03. The lowest BCUT2D eigenvalue weighted by Gasteiger charge is -2.60.